The highest BCUT2D eigenvalue weighted by atomic mass is 19.4. The average Bonchev–Trinajstić information content (AvgIpc) is 2.67. The van der Waals surface area contributed by atoms with Crippen molar-refractivity contribution in [3.8, 4) is 0 Å². The second-order valence-corrected chi connectivity index (χ2v) is 6.56. The smallest absolute Gasteiger partial charge is 0.416 e. The number of hydrogen-bond donors (Lipinski definition) is 4. The lowest BCUT2D eigenvalue weighted by molar-refractivity contribution is -0.144. The van der Waals surface area contributed by atoms with Crippen LogP contribution in [0.3, 0.4) is 0 Å². The summed E-state index contributed by atoms with van der Waals surface area (Å²) in [6, 6.07) is 10.6. The molecule has 6 nitrogen and oxygen atoms in total. The highest BCUT2D eigenvalue weighted by Gasteiger charge is 2.35. The van der Waals surface area contributed by atoms with Gasteiger partial charge in [0.1, 0.15) is 12.1 Å². The van der Waals surface area contributed by atoms with Crippen LogP contribution < -0.4 is 11.1 Å². The average molecular weight is 410 g/mol. The Bertz CT molecular complexity index is 843. The first-order valence-corrected chi connectivity index (χ1v) is 8.75. The Labute approximate surface area is 165 Å². The van der Waals surface area contributed by atoms with Crippen molar-refractivity contribution in [1.29, 1.82) is 0 Å². The first-order valence-electron chi connectivity index (χ1n) is 8.75. The Hall–Kier alpha value is -2.91. The molecule has 2 aromatic carbocycles. The van der Waals surface area contributed by atoms with Gasteiger partial charge in [-0.15, -0.1) is 0 Å². The van der Waals surface area contributed by atoms with Crippen molar-refractivity contribution in [1.82, 2.24) is 5.32 Å². The highest BCUT2D eigenvalue weighted by molar-refractivity contribution is 5.86. The molecule has 0 aliphatic rings. The van der Waals surface area contributed by atoms with Crippen molar-refractivity contribution >= 4 is 11.9 Å². The van der Waals surface area contributed by atoms with Crippen molar-refractivity contribution in [2.75, 3.05) is 0 Å². The Morgan fingerprint density at radius 1 is 1.00 bits per heavy atom. The number of nitrogens with two attached hydrogens (primary N) is 1. The molecule has 5 N–H and O–H groups in total. The monoisotopic (exact) mass is 410 g/mol. The Morgan fingerprint density at radius 3 is 2.17 bits per heavy atom. The summed E-state index contributed by atoms with van der Waals surface area (Å²) in [5, 5.41) is 21.5. The van der Waals surface area contributed by atoms with Crippen LogP contribution >= 0.6 is 0 Å². The number of halogens is 3. The van der Waals surface area contributed by atoms with Crippen LogP contribution in [0.4, 0.5) is 13.2 Å². The van der Waals surface area contributed by atoms with Crippen LogP contribution in [0.15, 0.2) is 54.6 Å². The predicted molar refractivity (Wildman–Crippen MR) is 98.8 cm³/mol. The first-order chi connectivity index (χ1) is 13.6. The van der Waals surface area contributed by atoms with Crippen molar-refractivity contribution in [3.63, 3.8) is 0 Å². The largest absolute Gasteiger partial charge is 0.480 e. The second kappa shape index (κ2) is 9.53. The van der Waals surface area contributed by atoms with E-state index in [2.05, 4.69) is 5.32 Å². The van der Waals surface area contributed by atoms with Gasteiger partial charge in [0, 0.05) is 12.5 Å². The highest BCUT2D eigenvalue weighted by Crippen LogP contribution is 2.32. The van der Waals surface area contributed by atoms with E-state index < -0.39 is 48.2 Å². The fraction of sp³-hybridized carbons (Fsp3) is 0.300. The fourth-order valence-corrected chi connectivity index (χ4v) is 2.84. The Kier molecular flexibility index (Phi) is 7.35. The lowest BCUT2D eigenvalue weighted by atomic mass is 9.98. The molecular weight excluding hydrogens is 389 g/mol. The van der Waals surface area contributed by atoms with Gasteiger partial charge in [0.05, 0.1) is 5.56 Å². The van der Waals surface area contributed by atoms with Crippen molar-refractivity contribution < 1.29 is 33.0 Å². The Morgan fingerprint density at radius 2 is 1.59 bits per heavy atom. The number of amides is 1. The molecule has 0 spiro atoms. The van der Waals surface area contributed by atoms with E-state index in [9.17, 15) is 33.0 Å². The number of carbonyl (C=O) groups excluding carboxylic acids is 1. The van der Waals surface area contributed by atoms with E-state index in [0.717, 1.165) is 17.7 Å². The molecule has 0 aromatic heterocycles. The molecule has 0 aliphatic heterocycles. The molecule has 1 unspecified atom stereocenters. The van der Waals surface area contributed by atoms with E-state index in [1.54, 1.807) is 30.3 Å². The molecule has 9 heteroatoms. The molecule has 0 heterocycles. The molecule has 2 aromatic rings. The molecule has 0 fully saturated rings. The number of hydrogen-bond acceptors (Lipinski definition) is 4. The van der Waals surface area contributed by atoms with Gasteiger partial charge in [-0.3, -0.25) is 4.79 Å². The number of alkyl halides is 3. The summed E-state index contributed by atoms with van der Waals surface area (Å²) in [5.41, 5.74) is 5.33. The van der Waals surface area contributed by atoms with E-state index in [0.29, 0.717) is 0 Å². The zero-order valence-electron chi connectivity index (χ0n) is 15.3. The van der Waals surface area contributed by atoms with Gasteiger partial charge in [-0.05, 0) is 23.6 Å². The molecule has 0 saturated heterocycles. The van der Waals surface area contributed by atoms with Crippen LogP contribution in [0.1, 0.15) is 16.7 Å². The Balaban J connectivity index is 2.09. The van der Waals surface area contributed by atoms with Gasteiger partial charge in [0.2, 0.25) is 0 Å². The number of aliphatic hydroxyl groups excluding tert-OH is 1. The van der Waals surface area contributed by atoms with Crippen LogP contribution in [0.2, 0.25) is 0 Å². The molecule has 29 heavy (non-hydrogen) atoms. The molecule has 2 rings (SSSR count). The van der Waals surface area contributed by atoms with Gasteiger partial charge >= 0.3 is 12.1 Å². The topological polar surface area (TPSA) is 113 Å². The van der Waals surface area contributed by atoms with Crippen LogP contribution in [-0.4, -0.2) is 40.3 Å². The lowest BCUT2D eigenvalue weighted by Gasteiger charge is -2.22. The molecule has 0 radical (unpaired) electrons. The van der Waals surface area contributed by atoms with Gasteiger partial charge in [-0.25, -0.2) is 4.79 Å². The number of benzene rings is 2. The first kappa shape index (κ1) is 22.4. The molecule has 156 valence electrons. The summed E-state index contributed by atoms with van der Waals surface area (Å²) < 4.78 is 39.3. The van der Waals surface area contributed by atoms with E-state index in [-0.39, 0.29) is 12.0 Å². The summed E-state index contributed by atoms with van der Waals surface area (Å²) in [5.74, 6) is -2.59. The number of aliphatic hydroxyl groups is 1. The second-order valence-electron chi connectivity index (χ2n) is 6.56. The van der Waals surface area contributed by atoms with Gasteiger partial charge in [0.15, 0.2) is 0 Å². The number of carbonyl (C=O) groups is 2. The summed E-state index contributed by atoms with van der Waals surface area (Å²) >= 11 is 0. The number of rotatable bonds is 8. The van der Waals surface area contributed by atoms with Crippen LogP contribution in [-0.2, 0) is 28.6 Å². The summed E-state index contributed by atoms with van der Waals surface area (Å²) in [7, 11) is 0. The maximum atomic E-state index is 13.1. The van der Waals surface area contributed by atoms with Gasteiger partial charge < -0.3 is 21.3 Å². The van der Waals surface area contributed by atoms with E-state index in [4.69, 9.17) is 5.73 Å². The van der Waals surface area contributed by atoms with Crippen LogP contribution in [0.5, 0.6) is 0 Å². The molecular formula is C20H21F3N2O4. The number of nitrogens with one attached hydrogen (secondary N) is 1. The lowest BCUT2D eigenvalue weighted by Crippen LogP contribution is -2.52. The zero-order chi connectivity index (χ0) is 21.6. The van der Waals surface area contributed by atoms with Crippen molar-refractivity contribution in [3.05, 3.63) is 71.3 Å². The standard InChI is InChI=1S/C20H21F3N2O4/c21-20(22,23)14-9-5-4-8-13(14)11-16(19(28)29)25-18(27)17(26)15(24)10-12-6-2-1-3-7-12/h1-9,15-17,26H,10-11,24H2,(H,25,27)(H,28,29)/t15-,16?,17+/m1/s1. The van der Waals surface area contributed by atoms with E-state index in [1.165, 1.54) is 12.1 Å². The SMILES string of the molecule is N[C@H](Cc1ccccc1)[C@H](O)C(=O)NC(Cc1ccccc1C(F)(F)F)C(=O)O. The fourth-order valence-electron chi connectivity index (χ4n) is 2.84. The number of carboxylic acids is 1. The van der Waals surface area contributed by atoms with Crippen LogP contribution in [0.25, 0.3) is 0 Å². The molecule has 0 bridgehead atoms. The van der Waals surface area contributed by atoms with E-state index >= 15 is 0 Å². The molecule has 1 amide bonds. The molecule has 3 atom stereocenters. The minimum absolute atomic E-state index is 0.157. The van der Waals surface area contributed by atoms with Gasteiger partial charge in [-0.2, -0.15) is 13.2 Å². The zero-order valence-corrected chi connectivity index (χ0v) is 15.3. The third kappa shape index (κ3) is 6.30. The maximum Gasteiger partial charge on any atom is 0.416 e. The third-order valence-corrected chi connectivity index (χ3v) is 4.35. The summed E-state index contributed by atoms with van der Waals surface area (Å²) in [6.45, 7) is 0. The normalized spacial score (nSPS) is 14.7. The van der Waals surface area contributed by atoms with Gasteiger partial charge in [0.25, 0.3) is 5.91 Å². The number of aliphatic carboxylic acids is 1. The number of carboxylic acid groups (broad SMARTS) is 1. The quantitative estimate of drug-likeness (QED) is 0.530. The maximum absolute atomic E-state index is 13.1. The summed E-state index contributed by atoms with van der Waals surface area (Å²) in [6.07, 6.45) is -6.84. The van der Waals surface area contributed by atoms with Crippen LogP contribution in [0, 0.1) is 0 Å². The van der Waals surface area contributed by atoms with E-state index in [1.807, 2.05) is 0 Å². The minimum atomic E-state index is -4.67. The molecule has 0 saturated carbocycles. The third-order valence-electron chi connectivity index (χ3n) is 4.35. The summed E-state index contributed by atoms with van der Waals surface area (Å²) in [4.78, 5) is 23.7. The minimum Gasteiger partial charge on any atom is -0.480 e. The molecule has 0 aliphatic carbocycles. The van der Waals surface area contributed by atoms with Crippen molar-refractivity contribution in [2.45, 2.75) is 37.2 Å². The predicted octanol–water partition coefficient (Wildman–Crippen LogP) is 1.75. The van der Waals surface area contributed by atoms with Gasteiger partial charge in [-0.1, -0.05) is 48.5 Å². The van der Waals surface area contributed by atoms with Crippen molar-refractivity contribution in [2.24, 2.45) is 5.73 Å².